The number of aliphatic hydroxyl groups is 1. The van der Waals surface area contributed by atoms with Gasteiger partial charge in [-0.2, -0.15) is 13.2 Å². The number of alkyl halides is 3. The Bertz CT molecular complexity index is 533. The van der Waals surface area contributed by atoms with Crippen LogP contribution in [0.25, 0.3) is 0 Å². The highest BCUT2D eigenvalue weighted by Gasteiger charge is 2.63. The van der Waals surface area contributed by atoms with Crippen molar-refractivity contribution in [3.8, 4) is 0 Å². The third-order valence-corrected chi connectivity index (χ3v) is 5.87. The SMILES string of the molecule is C=C(C)C(=O)OC1CCC1C(CC)(CC)OC(C)(C)C(C)(O)C(F)(F)F. The smallest absolute Gasteiger partial charge is 0.419 e. The van der Waals surface area contributed by atoms with Gasteiger partial charge in [-0.3, -0.25) is 0 Å². The summed E-state index contributed by atoms with van der Waals surface area (Å²) in [6.07, 6.45) is -3.08. The Kier molecular flexibility index (Phi) is 6.63. The second-order valence-corrected chi connectivity index (χ2v) is 7.86. The van der Waals surface area contributed by atoms with Gasteiger partial charge in [0.1, 0.15) is 11.7 Å². The van der Waals surface area contributed by atoms with Gasteiger partial charge in [-0.1, -0.05) is 20.4 Å². The first-order valence-corrected chi connectivity index (χ1v) is 9.01. The predicted molar refractivity (Wildman–Crippen MR) is 92.6 cm³/mol. The molecule has 0 aliphatic heterocycles. The third kappa shape index (κ3) is 4.09. The number of hydrogen-bond acceptors (Lipinski definition) is 4. The molecule has 152 valence electrons. The Labute approximate surface area is 153 Å². The largest absolute Gasteiger partial charge is 0.459 e. The summed E-state index contributed by atoms with van der Waals surface area (Å²) in [6, 6.07) is 0. The van der Waals surface area contributed by atoms with Crippen LogP contribution in [-0.2, 0) is 14.3 Å². The molecule has 0 aromatic heterocycles. The molecule has 4 nitrogen and oxygen atoms in total. The summed E-state index contributed by atoms with van der Waals surface area (Å²) < 4.78 is 51.5. The van der Waals surface area contributed by atoms with Crippen molar-refractivity contribution in [3.05, 3.63) is 12.2 Å². The third-order valence-electron chi connectivity index (χ3n) is 5.87. The molecule has 1 aliphatic carbocycles. The van der Waals surface area contributed by atoms with Gasteiger partial charge in [0.15, 0.2) is 5.60 Å². The van der Waals surface area contributed by atoms with Gasteiger partial charge in [0.2, 0.25) is 0 Å². The fourth-order valence-electron chi connectivity index (χ4n) is 3.39. The lowest BCUT2D eigenvalue weighted by Gasteiger charge is -2.54. The van der Waals surface area contributed by atoms with E-state index in [-0.39, 0.29) is 11.5 Å². The van der Waals surface area contributed by atoms with Crippen molar-refractivity contribution in [1.82, 2.24) is 0 Å². The van der Waals surface area contributed by atoms with E-state index in [4.69, 9.17) is 9.47 Å². The van der Waals surface area contributed by atoms with Gasteiger partial charge in [0.25, 0.3) is 0 Å². The average molecular weight is 380 g/mol. The van der Waals surface area contributed by atoms with Crippen LogP contribution < -0.4 is 0 Å². The lowest BCUT2D eigenvalue weighted by Crippen LogP contribution is -2.64. The van der Waals surface area contributed by atoms with E-state index in [0.717, 1.165) is 6.92 Å². The van der Waals surface area contributed by atoms with Crippen molar-refractivity contribution in [1.29, 1.82) is 0 Å². The molecule has 0 aromatic rings. The maximum atomic E-state index is 13.3. The van der Waals surface area contributed by atoms with Gasteiger partial charge in [0.05, 0.1) is 5.60 Å². The molecule has 3 unspecified atom stereocenters. The van der Waals surface area contributed by atoms with Crippen LogP contribution in [0.2, 0.25) is 0 Å². The van der Waals surface area contributed by atoms with Crippen LogP contribution >= 0.6 is 0 Å². The number of halogens is 3. The quantitative estimate of drug-likeness (QED) is 0.496. The minimum absolute atomic E-state index is 0.232. The predicted octanol–water partition coefficient (Wildman–Crippen LogP) is 4.55. The van der Waals surface area contributed by atoms with Gasteiger partial charge in [-0.05, 0) is 53.4 Å². The van der Waals surface area contributed by atoms with Gasteiger partial charge < -0.3 is 14.6 Å². The number of hydrogen-bond donors (Lipinski definition) is 1. The van der Waals surface area contributed by atoms with E-state index in [9.17, 15) is 23.1 Å². The number of carbonyl (C=O) groups is 1. The molecule has 0 heterocycles. The highest BCUT2D eigenvalue weighted by atomic mass is 19.4. The second-order valence-electron chi connectivity index (χ2n) is 7.86. The molecule has 0 bridgehead atoms. The Morgan fingerprint density at radius 3 is 1.96 bits per heavy atom. The zero-order chi connectivity index (χ0) is 20.6. The molecule has 0 saturated heterocycles. The molecule has 0 radical (unpaired) electrons. The van der Waals surface area contributed by atoms with E-state index in [1.807, 2.05) is 13.8 Å². The fraction of sp³-hybridized carbons (Fsp3) is 0.842. The first-order chi connectivity index (χ1) is 11.6. The molecule has 1 fully saturated rings. The first kappa shape index (κ1) is 23.0. The minimum atomic E-state index is -4.84. The lowest BCUT2D eigenvalue weighted by atomic mass is 9.67. The molecule has 1 rings (SSSR count). The summed E-state index contributed by atoms with van der Waals surface area (Å²) in [5.41, 5.74) is -5.56. The maximum Gasteiger partial charge on any atom is 0.419 e. The molecular formula is C19H31F3O4. The Balaban J connectivity index is 3.10. The van der Waals surface area contributed by atoms with Gasteiger partial charge >= 0.3 is 12.1 Å². The van der Waals surface area contributed by atoms with Gasteiger partial charge in [0, 0.05) is 11.5 Å². The number of carbonyl (C=O) groups excluding carboxylic acids is 1. The highest BCUT2D eigenvalue weighted by Crippen LogP contribution is 2.50. The van der Waals surface area contributed by atoms with Crippen molar-refractivity contribution in [3.63, 3.8) is 0 Å². The first-order valence-electron chi connectivity index (χ1n) is 9.01. The normalized spacial score (nSPS) is 23.8. The fourth-order valence-corrected chi connectivity index (χ4v) is 3.39. The maximum absolute atomic E-state index is 13.3. The Morgan fingerprint density at radius 2 is 1.65 bits per heavy atom. The van der Waals surface area contributed by atoms with Crippen LogP contribution in [0.3, 0.4) is 0 Å². The van der Waals surface area contributed by atoms with E-state index in [1.165, 1.54) is 13.8 Å². The van der Waals surface area contributed by atoms with Gasteiger partial charge in [-0.25, -0.2) is 4.79 Å². The summed E-state index contributed by atoms with van der Waals surface area (Å²) in [7, 11) is 0. The molecule has 1 saturated carbocycles. The molecule has 0 spiro atoms. The monoisotopic (exact) mass is 380 g/mol. The molecule has 1 N–H and O–H groups in total. The van der Waals surface area contributed by atoms with E-state index in [0.29, 0.717) is 25.7 Å². The molecule has 0 amide bonds. The molecule has 1 aliphatic rings. The minimum Gasteiger partial charge on any atom is -0.459 e. The number of rotatable bonds is 8. The summed E-state index contributed by atoms with van der Waals surface area (Å²) in [6.45, 7) is 12.0. The molecule has 7 heteroatoms. The van der Waals surface area contributed by atoms with Crippen molar-refractivity contribution < 1.29 is 32.5 Å². The van der Waals surface area contributed by atoms with Crippen molar-refractivity contribution in [2.75, 3.05) is 0 Å². The molecule has 3 atom stereocenters. The van der Waals surface area contributed by atoms with E-state index < -0.39 is 35.1 Å². The van der Waals surface area contributed by atoms with Crippen molar-refractivity contribution in [2.45, 2.75) is 96.3 Å². The summed E-state index contributed by atoms with van der Waals surface area (Å²) in [5.74, 6) is -0.744. The summed E-state index contributed by atoms with van der Waals surface area (Å²) >= 11 is 0. The van der Waals surface area contributed by atoms with Gasteiger partial charge in [-0.15, -0.1) is 0 Å². The Morgan fingerprint density at radius 1 is 1.15 bits per heavy atom. The van der Waals surface area contributed by atoms with Crippen molar-refractivity contribution >= 4 is 5.97 Å². The topological polar surface area (TPSA) is 55.8 Å². The van der Waals surface area contributed by atoms with Crippen LogP contribution in [0.15, 0.2) is 12.2 Å². The number of esters is 1. The standard InChI is InChI=1S/C19H31F3O4/c1-8-18(9-2,13-10-11-14(13)25-15(23)12(3)4)26-16(5,6)17(7,24)19(20,21)22/h13-14,24H,3,8-11H2,1-2,4-7H3. The number of ether oxygens (including phenoxy) is 2. The molecule has 0 aromatic carbocycles. The highest BCUT2D eigenvalue weighted by molar-refractivity contribution is 5.87. The lowest BCUT2D eigenvalue weighted by molar-refractivity contribution is -0.340. The van der Waals surface area contributed by atoms with E-state index in [1.54, 1.807) is 6.92 Å². The Hall–Kier alpha value is -1.08. The molecule has 26 heavy (non-hydrogen) atoms. The zero-order valence-corrected chi connectivity index (χ0v) is 16.5. The van der Waals surface area contributed by atoms with Crippen LogP contribution in [0.5, 0.6) is 0 Å². The zero-order valence-electron chi connectivity index (χ0n) is 16.5. The van der Waals surface area contributed by atoms with E-state index >= 15 is 0 Å². The van der Waals surface area contributed by atoms with Crippen molar-refractivity contribution in [2.24, 2.45) is 5.92 Å². The van der Waals surface area contributed by atoms with Crippen LogP contribution in [0.1, 0.15) is 67.2 Å². The van der Waals surface area contributed by atoms with Crippen LogP contribution in [0.4, 0.5) is 13.2 Å². The molecular weight excluding hydrogens is 349 g/mol. The van der Waals surface area contributed by atoms with Crippen LogP contribution in [0, 0.1) is 5.92 Å². The van der Waals surface area contributed by atoms with E-state index in [2.05, 4.69) is 6.58 Å². The second kappa shape index (κ2) is 7.50. The average Bonchev–Trinajstić information content (AvgIpc) is 2.48. The van der Waals surface area contributed by atoms with Crippen LogP contribution in [-0.4, -0.2) is 40.2 Å². The summed E-state index contributed by atoms with van der Waals surface area (Å²) in [5, 5.41) is 10.1. The summed E-state index contributed by atoms with van der Waals surface area (Å²) in [4.78, 5) is 11.8.